The third-order valence-electron chi connectivity index (χ3n) is 5.67. The van der Waals surface area contributed by atoms with Crippen LogP contribution in [0.2, 0.25) is 0 Å². The van der Waals surface area contributed by atoms with Crippen molar-refractivity contribution >= 4 is 0 Å². The minimum absolute atomic E-state index is 0.685. The highest BCUT2D eigenvalue weighted by Crippen LogP contribution is 2.31. The third kappa shape index (κ3) is 3.89. The second kappa shape index (κ2) is 8.73. The van der Waals surface area contributed by atoms with Gasteiger partial charge < -0.3 is 9.47 Å². The molecule has 4 nitrogen and oxygen atoms in total. The van der Waals surface area contributed by atoms with Gasteiger partial charge in [-0.3, -0.25) is 0 Å². The molecule has 4 rings (SSSR count). The van der Waals surface area contributed by atoms with Crippen molar-refractivity contribution in [3.63, 3.8) is 0 Å². The van der Waals surface area contributed by atoms with E-state index in [1.54, 1.807) is 0 Å². The molecule has 0 bridgehead atoms. The van der Waals surface area contributed by atoms with Crippen LogP contribution in [-0.4, -0.2) is 17.8 Å². The summed E-state index contributed by atoms with van der Waals surface area (Å²) in [6.07, 6.45) is 4.88. The zero-order valence-electron chi connectivity index (χ0n) is 17.8. The predicted octanol–water partition coefficient (Wildman–Crippen LogP) is 5.26. The molecule has 2 heterocycles. The fourth-order valence-electron chi connectivity index (χ4n) is 4.36. The zero-order chi connectivity index (χ0) is 20.2. The summed E-state index contributed by atoms with van der Waals surface area (Å²) < 4.78 is 16.3. The maximum Gasteiger partial charge on any atom is 0.262 e. The van der Waals surface area contributed by atoms with Gasteiger partial charge in [-0.15, -0.1) is 0 Å². The first-order valence-corrected chi connectivity index (χ1v) is 10.8. The quantitative estimate of drug-likeness (QED) is 0.536. The molecule has 0 fully saturated rings. The highest BCUT2D eigenvalue weighted by molar-refractivity contribution is 5.65. The molecular formula is C25H31N2O2+. The van der Waals surface area contributed by atoms with E-state index < -0.39 is 0 Å². The van der Waals surface area contributed by atoms with Gasteiger partial charge in [-0.1, -0.05) is 0 Å². The van der Waals surface area contributed by atoms with Crippen LogP contribution in [0.25, 0.3) is 16.9 Å². The summed E-state index contributed by atoms with van der Waals surface area (Å²) in [7, 11) is 0. The maximum atomic E-state index is 5.66. The molecule has 0 saturated carbocycles. The molecule has 29 heavy (non-hydrogen) atoms. The number of hydrogen-bond acceptors (Lipinski definition) is 2. The molecule has 0 radical (unpaired) electrons. The topological polar surface area (TPSA) is 27.3 Å². The molecule has 0 spiro atoms. The summed E-state index contributed by atoms with van der Waals surface area (Å²) in [6, 6.07) is 17.0. The van der Waals surface area contributed by atoms with Gasteiger partial charge in [0.25, 0.3) is 5.82 Å². The van der Waals surface area contributed by atoms with E-state index in [0.717, 1.165) is 24.5 Å². The van der Waals surface area contributed by atoms with Crippen molar-refractivity contribution in [2.75, 3.05) is 13.2 Å². The van der Waals surface area contributed by atoms with Gasteiger partial charge in [0.1, 0.15) is 22.9 Å². The molecule has 2 aromatic carbocycles. The Labute approximate surface area is 173 Å². The van der Waals surface area contributed by atoms with Crippen LogP contribution in [0.4, 0.5) is 0 Å². The fraction of sp³-hybridized carbons (Fsp3) is 0.400. The molecule has 0 atom stereocenters. The van der Waals surface area contributed by atoms with Crippen molar-refractivity contribution in [3.05, 3.63) is 60.0 Å². The van der Waals surface area contributed by atoms with Crippen LogP contribution >= 0.6 is 0 Å². The van der Waals surface area contributed by atoms with Crippen molar-refractivity contribution in [1.29, 1.82) is 0 Å². The van der Waals surface area contributed by atoms with Crippen LogP contribution < -0.4 is 14.0 Å². The SMILES string of the molecule is CCOc1ccc(-c2c(C)[n+]3c(n2-c2ccc(OCC)cc2)CCCCC3)cc1. The third-order valence-corrected chi connectivity index (χ3v) is 5.67. The van der Waals surface area contributed by atoms with Crippen LogP contribution in [0.15, 0.2) is 48.5 Å². The Balaban J connectivity index is 1.85. The number of benzene rings is 2. The lowest BCUT2D eigenvalue weighted by atomic mass is 10.1. The van der Waals surface area contributed by atoms with Gasteiger partial charge in [-0.05, 0) is 81.6 Å². The first-order valence-electron chi connectivity index (χ1n) is 10.8. The normalized spacial score (nSPS) is 13.6. The van der Waals surface area contributed by atoms with Crippen molar-refractivity contribution in [2.24, 2.45) is 0 Å². The summed E-state index contributed by atoms with van der Waals surface area (Å²) in [4.78, 5) is 0. The summed E-state index contributed by atoms with van der Waals surface area (Å²) in [5, 5.41) is 0. The van der Waals surface area contributed by atoms with E-state index in [9.17, 15) is 0 Å². The molecule has 0 unspecified atom stereocenters. The van der Waals surface area contributed by atoms with Crippen LogP contribution in [0.1, 0.15) is 44.6 Å². The first kappa shape index (κ1) is 19.6. The Hall–Kier alpha value is -2.75. The van der Waals surface area contributed by atoms with Gasteiger partial charge in [0, 0.05) is 18.9 Å². The second-order valence-electron chi connectivity index (χ2n) is 7.53. The average Bonchev–Trinajstić information content (AvgIpc) is 2.88. The highest BCUT2D eigenvalue weighted by atomic mass is 16.5. The highest BCUT2D eigenvalue weighted by Gasteiger charge is 2.31. The Morgan fingerprint density at radius 3 is 2.07 bits per heavy atom. The van der Waals surface area contributed by atoms with Gasteiger partial charge in [-0.2, -0.15) is 4.57 Å². The van der Waals surface area contributed by atoms with E-state index in [1.807, 2.05) is 13.8 Å². The van der Waals surface area contributed by atoms with Crippen LogP contribution in [0, 0.1) is 6.92 Å². The molecule has 152 valence electrons. The Morgan fingerprint density at radius 2 is 1.45 bits per heavy atom. The molecule has 0 saturated heterocycles. The molecule has 0 amide bonds. The summed E-state index contributed by atoms with van der Waals surface area (Å²) in [6.45, 7) is 8.75. The van der Waals surface area contributed by atoms with Gasteiger partial charge in [0.2, 0.25) is 0 Å². The molecule has 1 aliphatic rings. The van der Waals surface area contributed by atoms with Crippen molar-refractivity contribution in [1.82, 2.24) is 4.57 Å². The summed E-state index contributed by atoms with van der Waals surface area (Å²) in [5.74, 6) is 3.23. The first-order chi connectivity index (χ1) is 14.2. The predicted molar refractivity (Wildman–Crippen MR) is 116 cm³/mol. The van der Waals surface area contributed by atoms with E-state index in [0.29, 0.717) is 13.2 Å². The number of fused-ring (bicyclic) bond motifs is 1. The smallest absolute Gasteiger partial charge is 0.262 e. The minimum atomic E-state index is 0.685. The van der Waals surface area contributed by atoms with Crippen molar-refractivity contribution in [3.8, 4) is 28.4 Å². The molecule has 0 aliphatic carbocycles. The standard InChI is InChI=1S/C25H31N2O2/c1-4-28-22-14-10-20(11-15-22)25-19(3)26-18-8-6-7-9-24(26)27(25)21-12-16-23(17-13-21)29-5-2/h10-17H,4-9,18H2,1-3H3/q+1. The molecule has 1 aliphatic heterocycles. The molecule has 1 aromatic heterocycles. The number of aromatic nitrogens is 2. The lowest BCUT2D eigenvalue weighted by molar-refractivity contribution is -0.707. The largest absolute Gasteiger partial charge is 0.494 e. The minimum Gasteiger partial charge on any atom is -0.494 e. The van der Waals surface area contributed by atoms with Gasteiger partial charge >= 0.3 is 0 Å². The van der Waals surface area contributed by atoms with Crippen LogP contribution in [-0.2, 0) is 13.0 Å². The van der Waals surface area contributed by atoms with Gasteiger partial charge in [-0.25, -0.2) is 4.57 Å². The fourth-order valence-corrected chi connectivity index (χ4v) is 4.36. The Bertz CT molecular complexity index is 956. The van der Waals surface area contributed by atoms with Crippen LogP contribution in [0.3, 0.4) is 0 Å². The monoisotopic (exact) mass is 391 g/mol. The molecule has 0 N–H and O–H groups in total. The van der Waals surface area contributed by atoms with E-state index in [4.69, 9.17) is 9.47 Å². The summed E-state index contributed by atoms with van der Waals surface area (Å²) in [5.41, 5.74) is 5.02. The number of hydrogen-bond donors (Lipinski definition) is 0. The van der Waals surface area contributed by atoms with Crippen LogP contribution in [0.5, 0.6) is 11.5 Å². The maximum absolute atomic E-state index is 5.66. The lowest BCUT2D eigenvalue weighted by Gasteiger charge is -2.08. The van der Waals surface area contributed by atoms with Gasteiger partial charge in [0.05, 0.1) is 19.8 Å². The van der Waals surface area contributed by atoms with E-state index in [1.165, 1.54) is 47.7 Å². The molecule has 4 heteroatoms. The number of ether oxygens (including phenoxy) is 2. The number of rotatable bonds is 6. The number of imidazole rings is 1. The second-order valence-corrected chi connectivity index (χ2v) is 7.53. The molecular weight excluding hydrogens is 360 g/mol. The number of nitrogens with zero attached hydrogens (tertiary/aromatic N) is 2. The van der Waals surface area contributed by atoms with Crippen molar-refractivity contribution < 1.29 is 14.0 Å². The summed E-state index contributed by atoms with van der Waals surface area (Å²) >= 11 is 0. The Morgan fingerprint density at radius 1 is 0.828 bits per heavy atom. The van der Waals surface area contributed by atoms with Crippen molar-refractivity contribution in [2.45, 2.75) is 53.0 Å². The zero-order valence-corrected chi connectivity index (χ0v) is 17.8. The molecule has 3 aromatic rings. The lowest BCUT2D eigenvalue weighted by Crippen LogP contribution is -2.38. The van der Waals surface area contributed by atoms with E-state index >= 15 is 0 Å². The average molecular weight is 392 g/mol. The van der Waals surface area contributed by atoms with E-state index in [-0.39, 0.29) is 0 Å². The van der Waals surface area contributed by atoms with Gasteiger partial charge in [0.15, 0.2) is 5.69 Å². The Kier molecular flexibility index (Phi) is 5.89. The van der Waals surface area contributed by atoms with E-state index in [2.05, 4.69) is 64.6 Å².